The van der Waals surface area contributed by atoms with Gasteiger partial charge in [0.1, 0.15) is 0 Å². The van der Waals surface area contributed by atoms with E-state index in [1.165, 1.54) is 0 Å². The molecule has 2 rings (SSSR count). The summed E-state index contributed by atoms with van der Waals surface area (Å²) in [6.07, 6.45) is 1.28. The second-order valence-electron chi connectivity index (χ2n) is 5.43. The highest BCUT2D eigenvalue weighted by molar-refractivity contribution is 6.00. The third kappa shape index (κ3) is 3.25. The topological polar surface area (TPSA) is 85.2 Å². The zero-order valence-corrected chi connectivity index (χ0v) is 13.3. The summed E-state index contributed by atoms with van der Waals surface area (Å²) in [7, 11) is 0. The number of rotatable bonds is 5. The average molecular weight is 319 g/mol. The normalized spacial score (nSPS) is 20.9. The van der Waals surface area contributed by atoms with E-state index >= 15 is 0 Å². The van der Waals surface area contributed by atoms with Crippen molar-refractivity contribution in [1.82, 2.24) is 10.1 Å². The SMILES string of the molecule is CCCC(=O)N1C(=O)C(c2ccccc2)[NH+]([O-])N1C(=O)CCC. The fourth-order valence-corrected chi connectivity index (χ4v) is 2.59. The molecule has 0 spiro atoms. The first-order valence-electron chi connectivity index (χ1n) is 7.81. The maximum atomic E-state index is 12.6. The van der Waals surface area contributed by atoms with E-state index in [2.05, 4.69) is 0 Å². The van der Waals surface area contributed by atoms with Crippen molar-refractivity contribution in [2.75, 3.05) is 0 Å². The average Bonchev–Trinajstić information content (AvgIpc) is 2.79. The fourth-order valence-electron chi connectivity index (χ4n) is 2.59. The Hall–Kier alpha value is -2.25. The Morgan fingerprint density at radius 3 is 2.22 bits per heavy atom. The van der Waals surface area contributed by atoms with Gasteiger partial charge in [0.25, 0.3) is 11.8 Å². The van der Waals surface area contributed by atoms with E-state index in [1.807, 2.05) is 0 Å². The molecule has 0 aliphatic carbocycles. The van der Waals surface area contributed by atoms with Crippen LogP contribution in [0.5, 0.6) is 0 Å². The van der Waals surface area contributed by atoms with Gasteiger partial charge < -0.3 is 5.21 Å². The summed E-state index contributed by atoms with van der Waals surface area (Å²) in [4.78, 5) is 37.2. The van der Waals surface area contributed by atoms with Crippen LogP contribution in [0, 0.1) is 5.21 Å². The molecule has 1 aromatic rings. The van der Waals surface area contributed by atoms with E-state index in [1.54, 1.807) is 44.2 Å². The molecule has 0 aromatic heterocycles. The van der Waals surface area contributed by atoms with Gasteiger partial charge in [-0.25, -0.2) is 5.17 Å². The minimum absolute atomic E-state index is 0.108. The molecule has 1 aromatic carbocycles. The third-order valence-corrected chi connectivity index (χ3v) is 3.64. The summed E-state index contributed by atoms with van der Waals surface area (Å²) in [5, 5.41) is 13.5. The predicted molar refractivity (Wildman–Crippen MR) is 82.0 cm³/mol. The molecule has 1 aliphatic heterocycles. The van der Waals surface area contributed by atoms with Crippen LogP contribution in [0.15, 0.2) is 30.3 Å². The number of benzene rings is 1. The Morgan fingerprint density at radius 2 is 1.65 bits per heavy atom. The predicted octanol–water partition coefficient (Wildman–Crippen LogP) is 0.738. The standard InChI is InChI=1S/C16H21N3O4/c1-3-8-13(20)17-16(22)15(12-10-6-5-7-11-12)19(23)18(17)14(21)9-4-2/h5-7,10-11,15,19H,3-4,8-9H2,1-2H3. The van der Waals surface area contributed by atoms with E-state index in [0.717, 1.165) is 10.1 Å². The quantitative estimate of drug-likeness (QED) is 0.811. The van der Waals surface area contributed by atoms with Crippen molar-refractivity contribution in [3.8, 4) is 0 Å². The number of carbonyl (C=O) groups excluding carboxylic acids is 3. The lowest BCUT2D eigenvalue weighted by molar-refractivity contribution is -0.980. The molecule has 1 fully saturated rings. The van der Waals surface area contributed by atoms with Gasteiger partial charge in [-0.2, -0.15) is 0 Å². The lowest BCUT2D eigenvalue weighted by Crippen LogP contribution is -3.13. The van der Waals surface area contributed by atoms with Crippen molar-refractivity contribution in [3.63, 3.8) is 0 Å². The Balaban J connectivity index is 2.40. The molecular weight excluding hydrogens is 298 g/mol. The Kier molecular flexibility index (Phi) is 5.46. The van der Waals surface area contributed by atoms with Crippen molar-refractivity contribution in [3.05, 3.63) is 41.1 Å². The number of hydrazine groups is 1. The minimum atomic E-state index is -1.13. The first kappa shape index (κ1) is 17.1. The van der Waals surface area contributed by atoms with Gasteiger partial charge in [-0.3, -0.25) is 14.4 Å². The molecule has 0 saturated carbocycles. The number of carbonyl (C=O) groups is 3. The first-order valence-corrected chi connectivity index (χ1v) is 7.81. The molecule has 7 nitrogen and oxygen atoms in total. The molecule has 0 bridgehead atoms. The van der Waals surface area contributed by atoms with Crippen molar-refractivity contribution in [1.29, 1.82) is 0 Å². The summed E-state index contributed by atoms with van der Waals surface area (Å²) in [5.74, 6) is -1.69. The third-order valence-electron chi connectivity index (χ3n) is 3.64. The summed E-state index contributed by atoms with van der Waals surface area (Å²) in [5.41, 5.74) is 0.489. The Labute approximate surface area is 135 Å². The van der Waals surface area contributed by atoms with Gasteiger partial charge in [-0.1, -0.05) is 49.3 Å². The lowest BCUT2D eigenvalue weighted by atomic mass is 10.1. The molecule has 23 heavy (non-hydrogen) atoms. The molecule has 1 N–H and O–H groups in total. The molecule has 2 unspecified atom stereocenters. The van der Waals surface area contributed by atoms with Crippen LogP contribution in [0.25, 0.3) is 0 Å². The van der Waals surface area contributed by atoms with Gasteiger partial charge in [0.15, 0.2) is 0 Å². The molecule has 1 heterocycles. The van der Waals surface area contributed by atoms with Crippen LogP contribution in [-0.2, 0) is 14.4 Å². The number of hydroxylamine groups is 1. The van der Waals surface area contributed by atoms with Gasteiger partial charge in [0.05, 0.1) is 0 Å². The maximum Gasteiger partial charge on any atom is 0.318 e. The van der Waals surface area contributed by atoms with Crippen molar-refractivity contribution in [2.24, 2.45) is 0 Å². The molecule has 1 saturated heterocycles. The molecule has 3 amide bonds. The highest BCUT2D eigenvalue weighted by Crippen LogP contribution is 2.21. The van der Waals surface area contributed by atoms with Crippen LogP contribution in [0.2, 0.25) is 0 Å². The fraction of sp³-hybridized carbons (Fsp3) is 0.438. The van der Waals surface area contributed by atoms with Crippen LogP contribution in [0.3, 0.4) is 0 Å². The zero-order valence-electron chi connectivity index (χ0n) is 13.3. The number of amides is 3. The monoisotopic (exact) mass is 319 g/mol. The summed E-state index contributed by atoms with van der Waals surface area (Å²) in [6.45, 7) is 3.60. The summed E-state index contributed by atoms with van der Waals surface area (Å²) in [6, 6.07) is 7.37. The molecule has 124 valence electrons. The molecule has 1 aliphatic rings. The first-order chi connectivity index (χ1) is 11.0. The van der Waals surface area contributed by atoms with Crippen LogP contribution >= 0.6 is 0 Å². The van der Waals surface area contributed by atoms with Gasteiger partial charge in [-0.05, 0) is 12.8 Å². The van der Waals surface area contributed by atoms with Gasteiger partial charge in [0.2, 0.25) is 6.04 Å². The van der Waals surface area contributed by atoms with Crippen molar-refractivity contribution >= 4 is 17.7 Å². The summed E-state index contributed by atoms with van der Waals surface area (Å²) < 4.78 is 0. The minimum Gasteiger partial charge on any atom is -0.605 e. The number of hydrogen-bond donors (Lipinski definition) is 1. The molecule has 7 heteroatoms. The number of imide groups is 1. The highest BCUT2D eigenvalue weighted by atomic mass is 16.6. The second-order valence-corrected chi connectivity index (χ2v) is 5.43. The van der Waals surface area contributed by atoms with E-state index in [9.17, 15) is 19.6 Å². The van der Waals surface area contributed by atoms with E-state index in [4.69, 9.17) is 0 Å². The van der Waals surface area contributed by atoms with Crippen LogP contribution in [0.4, 0.5) is 0 Å². The van der Waals surface area contributed by atoms with E-state index in [-0.39, 0.29) is 12.8 Å². The van der Waals surface area contributed by atoms with Gasteiger partial charge in [-0.15, -0.1) is 5.01 Å². The number of quaternary nitrogens is 1. The van der Waals surface area contributed by atoms with E-state index < -0.39 is 28.9 Å². The molecular formula is C16H21N3O4. The lowest BCUT2D eigenvalue weighted by Gasteiger charge is -2.31. The molecule has 2 atom stereocenters. The Bertz CT molecular complexity index is 590. The number of hydrogen-bond acceptors (Lipinski definition) is 4. The van der Waals surface area contributed by atoms with Crippen molar-refractivity contribution < 1.29 is 19.6 Å². The van der Waals surface area contributed by atoms with Crippen LogP contribution in [0.1, 0.15) is 51.1 Å². The van der Waals surface area contributed by atoms with E-state index in [0.29, 0.717) is 18.4 Å². The highest BCUT2D eigenvalue weighted by Gasteiger charge is 2.51. The smallest absolute Gasteiger partial charge is 0.318 e. The second kappa shape index (κ2) is 7.34. The molecule has 0 radical (unpaired) electrons. The number of nitrogens with one attached hydrogen (secondary N) is 1. The summed E-state index contributed by atoms with van der Waals surface area (Å²) >= 11 is 0. The maximum absolute atomic E-state index is 12.6. The van der Waals surface area contributed by atoms with Crippen molar-refractivity contribution in [2.45, 2.75) is 45.6 Å². The number of nitrogens with zero attached hydrogens (tertiary/aromatic N) is 2. The zero-order chi connectivity index (χ0) is 17.0. The van der Waals surface area contributed by atoms with Crippen LogP contribution in [-0.4, -0.2) is 27.8 Å². The Morgan fingerprint density at radius 1 is 1.09 bits per heavy atom. The largest absolute Gasteiger partial charge is 0.605 e. The van der Waals surface area contributed by atoms with Gasteiger partial charge in [0, 0.05) is 18.4 Å². The van der Waals surface area contributed by atoms with Gasteiger partial charge >= 0.3 is 5.91 Å². The van der Waals surface area contributed by atoms with Crippen LogP contribution < -0.4 is 5.17 Å².